The Balaban J connectivity index is 2.77. The van der Waals surface area contributed by atoms with E-state index in [9.17, 15) is 0 Å². The first-order chi connectivity index (χ1) is 8.10. The molecule has 0 saturated heterocycles. The average Bonchev–Trinajstić information content (AvgIpc) is 2.35. The van der Waals surface area contributed by atoms with Crippen molar-refractivity contribution in [3.05, 3.63) is 28.8 Å². The van der Waals surface area contributed by atoms with Crippen molar-refractivity contribution in [2.75, 3.05) is 7.11 Å². The second-order valence-electron chi connectivity index (χ2n) is 4.54. The van der Waals surface area contributed by atoms with Gasteiger partial charge in [0.15, 0.2) is 0 Å². The van der Waals surface area contributed by atoms with Crippen molar-refractivity contribution in [1.29, 1.82) is 0 Å². The maximum absolute atomic E-state index is 6.25. The minimum absolute atomic E-state index is 0.0488. The Bertz CT molecular complexity index is 354. The van der Waals surface area contributed by atoms with Gasteiger partial charge in [-0.05, 0) is 30.0 Å². The van der Waals surface area contributed by atoms with Crippen LogP contribution in [0.15, 0.2) is 18.2 Å². The molecule has 17 heavy (non-hydrogen) atoms. The van der Waals surface area contributed by atoms with Crippen LogP contribution >= 0.6 is 11.6 Å². The van der Waals surface area contributed by atoms with E-state index in [0.29, 0.717) is 16.7 Å². The van der Waals surface area contributed by atoms with Crippen LogP contribution in [0.1, 0.15) is 44.7 Å². The number of ether oxygens (including phenoxy) is 1. The van der Waals surface area contributed by atoms with Gasteiger partial charge in [0.1, 0.15) is 5.75 Å². The molecule has 0 fully saturated rings. The van der Waals surface area contributed by atoms with Crippen molar-refractivity contribution in [1.82, 2.24) is 0 Å². The SMILES string of the molecule is CCCCC(C)C(N)c1ccc(Cl)c(OC)c1. The Morgan fingerprint density at radius 3 is 2.71 bits per heavy atom. The zero-order valence-electron chi connectivity index (χ0n) is 10.9. The third-order valence-corrected chi connectivity index (χ3v) is 3.50. The maximum Gasteiger partial charge on any atom is 0.137 e. The highest BCUT2D eigenvalue weighted by Gasteiger charge is 2.15. The standard InChI is InChI=1S/C14H22ClNO/c1-4-5-6-10(2)14(16)11-7-8-12(15)13(9-11)17-3/h7-10,14H,4-6,16H2,1-3H3. The van der Waals surface area contributed by atoms with Crippen molar-refractivity contribution >= 4 is 11.6 Å². The Morgan fingerprint density at radius 1 is 1.41 bits per heavy atom. The van der Waals surface area contributed by atoms with Crippen LogP contribution in [0.4, 0.5) is 0 Å². The van der Waals surface area contributed by atoms with E-state index in [4.69, 9.17) is 22.1 Å². The van der Waals surface area contributed by atoms with Crippen molar-refractivity contribution in [3.63, 3.8) is 0 Å². The lowest BCUT2D eigenvalue weighted by Gasteiger charge is -2.20. The molecule has 0 amide bonds. The summed E-state index contributed by atoms with van der Waals surface area (Å²) in [5, 5.41) is 0.629. The second-order valence-corrected chi connectivity index (χ2v) is 4.95. The first kappa shape index (κ1) is 14.3. The number of benzene rings is 1. The van der Waals surface area contributed by atoms with Gasteiger partial charge in [-0.2, -0.15) is 0 Å². The summed E-state index contributed by atoms with van der Waals surface area (Å²) in [6.45, 7) is 4.39. The van der Waals surface area contributed by atoms with Gasteiger partial charge in [0.25, 0.3) is 0 Å². The number of hydrogen-bond donors (Lipinski definition) is 1. The molecule has 0 aliphatic carbocycles. The molecule has 1 aromatic carbocycles. The quantitative estimate of drug-likeness (QED) is 0.828. The molecule has 2 unspecified atom stereocenters. The van der Waals surface area contributed by atoms with Crippen LogP contribution < -0.4 is 10.5 Å². The van der Waals surface area contributed by atoms with Gasteiger partial charge in [-0.1, -0.05) is 44.4 Å². The lowest BCUT2D eigenvalue weighted by atomic mass is 9.91. The molecule has 0 heterocycles. The summed E-state index contributed by atoms with van der Waals surface area (Å²) in [5.41, 5.74) is 7.35. The Labute approximate surface area is 109 Å². The number of nitrogens with two attached hydrogens (primary N) is 1. The molecule has 0 aliphatic rings. The van der Waals surface area contributed by atoms with Crippen molar-refractivity contribution in [3.8, 4) is 5.75 Å². The summed E-state index contributed by atoms with van der Waals surface area (Å²) >= 11 is 6.00. The van der Waals surface area contributed by atoms with Crippen molar-refractivity contribution in [2.24, 2.45) is 11.7 Å². The summed E-state index contributed by atoms with van der Waals surface area (Å²) in [6.07, 6.45) is 3.59. The molecule has 0 spiro atoms. The molecule has 0 radical (unpaired) electrons. The van der Waals surface area contributed by atoms with Crippen LogP contribution in [-0.4, -0.2) is 7.11 Å². The van der Waals surface area contributed by atoms with E-state index in [1.54, 1.807) is 7.11 Å². The number of hydrogen-bond acceptors (Lipinski definition) is 2. The van der Waals surface area contributed by atoms with E-state index >= 15 is 0 Å². The smallest absolute Gasteiger partial charge is 0.137 e. The van der Waals surface area contributed by atoms with Crippen molar-refractivity contribution in [2.45, 2.75) is 39.2 Å². The molecule has 1 rings (SSSR count). The normalized spacial score (nSPS) is 14.4. The van der Waals surface area contributed by atoms with Crippen LogP contribution in [0, 0.1) is 5.92 Å². The summed E-state index contributed by atoms with van der Waals surface area (Å²) in [5.74, 6) is 1.17. The van der Waals surface area contributed by atoms with E-state index in [-0.39, 0.29) is 6.04 Å². The number of rotatable bonds is 6. The van der Waals surface area contributed by atoms with E-state index < -0.39 is 0 Å². The number of unbranched alkanes of at least 4 members (excludes halogenated alkanes) is 1. The third kappa shape index (κ3) is 3.90. The van der Waals surface area contributed by atoms with Crippen LogP contribution in [0.3, 0.4) is 0 Å². The van der Waals surface area contributed by atoms with E-state index in [0.717, 1.165) is 12.0 Å². The molecule has 1 aromatic rings. The van der Waals surface area contributed by atoms with Gasteiger partial charge in [-0.3, -0.25) is 0 Å². The van der Waals surface area contributed by atoms with Crippen LogP contribution in [0.5, 0.6) is 5.75 Å². The largest absolute Gasteiger partial charge is 0.495 e. The molecule has 96 valence electrons. The van der Waals surface area contributed by atoms with Gasteiger partial charge >= 0.3 is 0 Å². The molecular weight excluding hydrogens is 234 g/mol. The average molecular weight is 256 g/mol. The fourth-order valence-electron chi connectivity index (χ4n) is 1.92. The predicted octanol–water partition coefficient (Wildman–Crippen LogP) is 4.17. The molecule has 0 saturated carbocycles. The molecule has 0 aromatic heterocycles. The monoisotopic (exact) mass is 255 g/mol. The zero-order valence-corrected chi connectivity index (χ0v) is 11.6. The molecule has 0 aliphatic heterocycles. The van der Waals surface area contributed by atoms with Gasteiger partial charge in [0.2, 0.25) is 0 Å². The van der Waals surface area contributed by atoms with E-state index in [1.807, 2.05) is 18.2 Å². The van der Waals surface area contributed by atoms with Gasteiger partial charge in [0, 0.05) is 6.04 Å². The number of halogens is 1. The highest BCUT2D eigenvalue weighted by Crippen LogP contribution is 2.30. The van der Waals surface area contributed by atoms with Gasteiger partial charge < -0.3 is 10.5 Å². The maximum atomic E-state index is 6.25. The first-order valence-corrected chi connectivity index (χ1v) is 6.57. The fraction of sp³-hybridized carbons (Fsp3) is 0.571. The third-order valence-electron chi connectivity index (χ3n) is 3.19. The zero-order chi connectivity index (χ0) is 12.8. The van der Waals surface area contributed by atoms with Crippen LogP contribution in [-0.2, 0) is 0 Å². The fourth-order valence-corrected chi connectivity index (χ4v) is 2.11. The summed E-state index contributed by atoms with van der Waals surface area (Å²) in [4.78, 5) is 0. The summed E-state index contributed by atoms with van der Waals surface area (Å²) in [7, 11) is 1.62. The molecule has 2 N–H and O–H groups in total. The topological polar surface area (TPSA) is 35.2 Å². The highest BCUT2D eigenvalue weighted by atomic mass is 35.5. The van der Waals surface area contributed by atoms with Crippen LogP contribution in [0.25, 0.3) is 0 Å². The van der Waals surface area contributed by atoms with Gasteiger partial charge in [0.05, 0.1) is 12.1 Å². The molecule has 3 heteroatoms. The highest BCUT2D eigenvalue weighted by molar-refractivity contribution is 6.32. The first-order valence-electron chi connectivity index (χ1n) is 6.19. The van der Waals surface area contributed by atoms with Gasteiger partial charge in [-0.25, -0.2) is 0 Å². The summed E-state index contributed by atoms with van der Waals surface area (Å²) < 4.78 is 5.21. The lowest BCUT2D eigenvalue weighted by molar-refractivity contribution is 0.405. The van der Waals surface area contributed by atoms with E-state index in [1.165, 1.54) is 12.8 Å². The minimum atomic E-state index is 0.0488. The Morgan fingerprint density at radius 2 is 2.12 bits per heavy atom. The molecule has 2 nitrogen and oxygen atoms in total. The number of methoxy groups -OCH3 is 1. The van der Waals surface area contributed by atoms with Crippen LogP contribution in [0.2, 0.25) is 5.02 Å². The van der Waals surface area contributed by atoms with E-state index in [2.05, 4.69) is 13.8 Å². The Kier molecular flexibility index (Phi) is 5.79. The molecular formula is C14H22ClNO. The summed E-state index contributed by atoms with van der Waals surface area (Å²) in [6, 6.07) is 5.82. The molecule has 0 bridgehead atoms. The molecule has 2 atom stereocenters. The minimum Gasteiger partial charge on any atom is -0.495 e. The Hall–Kier alpha value is -0.730. The second kappa shape index (κ2) is 6.87. The van der Waals surface area contributed by atoms with Gasteiger partial charge in [-0.15, -0.1) is 0 Å². The van der Waals surface area contributed by atoms with Crippen molar-refractivity contribution < 1.29 is 4.74 Å². The lowest BCUT2D eigenvalue weighted by Crippen LogP contribution is -2.19. The predicted molar refractivity (Wildman–Crippen MR) is 73.6 cm³/mol.